The van der Waals surface area contributed by atoms with E-state index in [-0.39, 0.29) is 6.04 Å². The molecule has 0 aliphatic heterocycles. The number of hydrogen-bond donors (Lipinski definition) is 2. The molecule has 1 atom stereocenters. The zero-order chi connectivity index (χ0) is 9.80. The average molecular weight is 210 g/mol. The van der Waals surface area contributed by atoms with Crippen LogP contribution >= 0.6 is 11.3 Å². The lowest BCUT2D eigenvalue weighted by Crippen LogP contribution is -2.27. The van der Waals surface area contributed by atoms with Crippen LogP contribution in [0.15, 0.2) is 17.5 Å². The average Bonchev–Trinajstić information content (AvgIpc) is 2.84. The van der Waals surface area contributed by atoms with Crippen molar-refractivity contribution in [3.8, 4) is 0 Å². The maximum Gasteiger partial charge on any atom is 0.0516 e. The van der Waals surface area contributed by atoms with Gasteiger partial charge < -0.3 is 11.1 Å². The molecule has 3 heteroatoms. The zero-order valence-corrected chi connectivity index (χ0v) is 9.22. The number of rotatable bonds is 6. The van der Waals surface area contributed by atoms with Crippen LogP contribution in [0, 0.1) is 5.92 Å². The van der Waals surface area contributed by atoms with Crippen molar-refractivity contribution in [3.05, 3.63) is 22.4 Å². The van der Waals surface area contributed by atoms with E-state index in [1.807, 2.05) is 0 Å². The van der Waals surface area contributed by atoms with Gasteiger partial charge in [0, 0.05) is 11.4 Å². The van der Waals surface area contributed by atoms with Gasteiger partial charge in [0.15, 0.2) is 0 Å². The molecule has 2 rings (SSSR count). The summed E-state index contributed by atoms with van der Waals surface area (Å²) in [6.07, 6.45) is 4.22. The van der Waals surface area contributed by atoms with Crippen molar-refractivity contribution in [2.75, 3.05) is 13.1 Å². The Kier molecular flexibility index (Phi) is 3.56. The van der Waals surface area contributed by atoms with Crippen LogP contribution in [-0.4, -0.2) is 13.1 Å². The number of hydrogen-bond acceptors (Lipinski definition) is 3. The van der Waals surface area contributed by atoms with E-state index in [1.165, 1.54) is 24.1 Å². The SMILES string of the molecule is NC(CNCCC1CC1)c1cccs1. The molecule has 1 aromatic heterocycles. The summed E-state index contributed by atoms with van der Waals surface area (Å²) in [5, 5.41) is 5.51. The Bertz CT molecular complexity index is 254. The Hall–Kier alpha value is -0.380. The number of thiophene rings is 1. The Labute approximate surface area is 89.5 Å². The lowest BCUT2D eigenvalue weighted by atomic mass is 10.2. The van der Waals surface area contributed by atoms with Crippen LogP contribution in [-0.2, 0) is 0 Å². The fourth-order valence-corrected chi connectivity index (χ4v) is 2.30. The van der Waals surface area contributed by atoms with Crippen LogP contribution in [0.5, 0.6) is 0 Å². The molecule has 0 bridgehead atoms. The summed E-state index contributed by atoms with van der Waals surface area (Å²) >= 11 is 1.74. The monoisotopic (exact) mass is 210 g/mol. The minimum atomic E-state index is 0.175. The van der Waals surface area contributed by atoms with E-state index in [0.717, 1.165) is 19.0 Å². The van der Waals surface area contributed by atoms with Gasteiger partial charge in [0.05, 0.1) is 6.04 Å². The van der Waals surface area contributed by atoms with Crippen molar-refractivity contribution in [1.29, 1.82) is 0 Å². The summed E-state index contributed by atoms with van der Waals surface area (Å²) in [6.45, 7) is 2.04. The van der Waals surface area contributed by atoms with Gasteiger partial charge >= 0.3 is 0 Å². The topological polar surface area (TPSA) is 38.0 Å². The van der Waals surface area contributed by atoms with E-state index >= 15 is 0 Å². The zero-order valence-electron chi connectivity index (χ0n) is 8.41. The second-order valence-corrected chi connectivity index (χ2v) is 5.04. The van der Waals surface area contributed by atoms with Crippen LogP contribution in [0.25, 0.3) is 0 Å². The third-order valence-corrected chi connectivity index (χ3v) is 3.70. The Morgan fingerprint density at radius 1 is 1.57 bits per heavy atom. The fraction of sp³-hybridized carbons (Fsp3) is 0.636. The van der Waals surface area contributed by atoms with E-state index in [2.05, 4.69) is 22.8 Å². The molecule has 0 radical (unpaired) electrons. The highest BCUT2D eigenvalue weighted by Crippen LogP contribution is 2.31. The van der Waals surface area contributed by atoms with Gasteiger partial charge in [-0.3, -0.25) is 0 Å². The predicted octanol–water partition coefficient (Wildman–Crippen LogP) is 2.14. The van der Waals surface area contributed by atoms with E-state index in [4.69, 9.17) is 5.73 Å². The lowest BCUT2D eigenvalue weighted by molar-refractivity contribution is 0.568. The van der Waals surface area contributed by atoms with E-state index in [1.54, 1.807) is 11.3 Å². The first-order valence-electron chi connectivity index (χ1n) is 5.36. The van der Waals surface area contributed by atoms with Crippen molar-refractivity contribution >= 4 is 11.3 Å². The molecule has 1 aliphatic rings. The molecule has 14 heavy (non-hydrogen) atoms. The van der Waals surface area contributed by atoms with Gasteiger partial charge in [0.2, 0.25) is 0 Å². The summed E-state index contributed by atoms with van der Waals surface area (Å²) in [5.74, 6) is 1.01. The van der Waals surface area contributed by atoms with Gasteiger partial charge in [0.25, 0.3) is 0 Å². The van der Waals surface area contributed by atoms with Crippen molar-refractivity contribution in [1.82, 2.24) is 5.32 Å². The van der Waals surface area contributed by atoms with Crippen LogP contribution in [0.2, 0.25) is 0 Å². The molecule has 1 unspecified atom stereocenters. The minimum absolute atomic E-state index is 0.175. The summed E-state index contributed by atoms with van der Waals surface area (Å²) in [7, 11) is 0. The summed E-state index contributed by atoms with van der Waals surface area (Å²) in [6, 6.07) is 4.34. The van der Waals surface area contributed by atoms with Gasteiger partial charge in [-0.15, -0.1) is 11.3 Å². The maximum absolute atomic E-state index is 6.02. The molecule has 0 amide bonds. The molecule has 78 valence electrons. The van der Waals surface area contributed by atoms with Crippen LogP contribution in [0.1, 0.15) is 30.2 Å². The summed E-state index contributed by atoms with van der Waals surface area (Å²) < 4.78 is 0. The minimum Gasteiger partial charge on any atom is -0.322 e. The van der Waals surface area contributed by atoms with Crippen molar-refractivity contribution < 1.29 is 0 Å². The van der Waals surface area contributed by atoms with Gasteiger partial charge in [-0.05, 0) is 30.3 Å². The Morgan fingerprint density at radius 3 is 3.07 bits per heavy atom. The van der Waals surface area contributed by atoms with E-state index in [0.29, 0.717) is 0 Å². The smallest absolute Gasteiger partial charge is 0.0516 e. The standard InChI is InChI=1S/C11H18N2S/c12-10(11-2-1-7-14-11)8-13-6-5-9-3-4-9/h1-2,7,9-10,13H,3-6,8,12H2. The predicted molar refractivity (Wildman–Crippen MR) is 61.5 cm³/mol. The Balaban J connectivity index is 1.59. The quantitative estimate of drug-likeness (QED) is 0.706. The molecule has 1 heterocycles. The molecular formula is C11H18N2S. The molecule has 0 aromatic carbocycles. The van der Waals surface area contributed by atoms with Crippen molar-refractivity contribution in [3.63, 3.8) is 0 Å². The number of nitrogens with two attached hydrogens (primary N) is 1. The highest BCUT2D eigenvalue weighted by Gasteiger charge is 2.20. The molecular weight excluding hydrogens is 192 g/mol. The van der Waals surface area contributed by atoms with Crippen molar-refractivity contribution in [2.45, 2.75) is 25.3 Å². The molecule has 0 saturated heterocycles. The molecule has 1 saturated carbocycles. The van der Waals surface area contributed by atoms with Gasteiger partial charge in [-0.25, -0.2) is 0 Å². The Morgan fingerprint density at radius 2 is 2.43 bits per heavy atom. The molecule has 1 aromatic rings. The second kappa shape index (κ2) is 4.91. The summed E-state index contributed by atoms with van der Waals surface area (Å²) in [4.78, 5) is 1.28. The summed E-state index contributed by atoms with van der Waals surface area (Å²) in [5.41, 5.74) is 6.02. The van der Waals surface area contributed by atoms with Crippen LogP contribution in [0.3, 0.4) is 0 Å². The highest BCUT2D eigenvalue weighted by molar-refractivity contribution is 7.10. The van der Waals surface area contributed by atoms with E-state index < -0.39 is 0 Å². The van der Waals surface area contributed by atoms with Gasteiger partial charge in [-0.1, -0.05) is 18.9 Å². The largest absolute Gasteiger partial charge is 0.322 e. The molecule has 1 aliphatic carbocycles. The maximum atomic E-state index is 6.02. The first-order valence-corrected chi connectivity index (χ1v) is 6.24. The highest BCUT2D eigenvalue weighted by atomic mass is 32.1. The molecule has 0 spiro atoms. The first-order chi connectivity index (χ1) is 6.86. The third-order valence-electron chi connectivity index (χ3n) is 2.70. The second-order valence-electron chi connectivity index (χ2n) is 4.06. The van der Waals surface area contributed by atoms with E-state index in [9.17, 15) is 0 Å². The van der Waals surface area contributed by atoms with Crippen LogP contribution < -0.4 is 11.1 Å². The van der Waals surface area contributed by atoms with Gasteiger partial charge in [-0.2, -0.15) is 0 Å². The first kappa shape index (κ1) is 10.1. The van der Waals surface area contributed by atoms with Crippen molar-refractivity contribution in [2.24, 2.45) is 11.7 Å². The molecule has 2 nitrogen and oxygen atoms in total. The fourth-order valence-electron chi connectivity index (χ4n) is 1.57. The molecule has 3 N–H and O–H groups in total. The number of nitrogens with one attached hydrogen (secondary N) is 1. The molecule has 1 fully saturated rings. The van der Waals surface area contributed by atoms with Gasteiger partial charge in [0.1, 0.15) is 0 Å². The third kappa shape index (κ3) is 3.08. The lowest BCUT2D eigenvalue weighted by Gasteiger charge is -2.10. The normalized spacial score (nSPS) is 18.4. The van der Waals surface area contributed by atoms with Crippen LogP contribution in [0.4, 0.5) is 0 Å².